The number of carbonyl (C=O) groups excluding carboxylic acids is 2. The lowest BCUT2D eigenvalue weighted by molar-refractivity contribution is -0.138. The number of hydrogen-bond acceptors (Lipinski definition) is 6. The summed E-state index contributed by atoms with van der Waals surface area (Å²) >= 11 is 0. The highest BCUT2D eigenvalue weighted by molar-refractivity contribution is 5.98. The van der Waals surface area contributed by atoms with E-state index >= 15 is 0 Å². The Kier molecular flexibility index (Phi) is 6.23. The van der Waals surface area contributed by atoms with E-state index in [1.165, 1.54) is 33.5 Å². The van der Waals surface area contributed by atoms with E-state index in [0.717, 1.165) is 18.3 Å². The summed E-state index contributed by atoms with van der Waals surface area (Å²) in [5.41, 5.74) is 1.89. The van der Waals surface area contributed by atoms with E-state index in [1.807, 2.05) is 24.3 Å². The number of ether oxygens (including phenoxy) is 2. The Hall–Kier alpha value is -2.50. The number of nitrogens with zero attached hydrogens (tertiary/aromatic N) is 1. The van der Waals surface area contributed by atoms with Crippen molar-refractivity contribution in [1.82, 2.24) is 0 Å². The normalized spacial score (nSPS) is 18.0. The standard InChI is InChI=1S/C18H24N2O4/c1-13-6-4-5-11-20(13)15-9-7-14(8-10-15)19-16(18(22)24-3)12-17(21)23-2/h7-10,12-13,19H,4-6,11H2,1-3H3/b16-12+. The fraction of sp³-hybridized carbons (Fsp3) is 0.444. The van der Waals surface area contributed by atoms with E-state index in [1.54, 1.807) is 0 Å². The molecule has 1 unspecified atom stereocenters. The molecule has 1 fully saturated rings. The molecule has 1 aromatic carbocycles. The first-order valence-electron chi connectivity index (χ1n) is 8.07. The van der Waals surface area contributed by atoms with Gasteiger partial charge in [-0.15, -0.1) is 0 Å². The van der Waals surface area contributed by atoms with Crippen LogP contribution >= 0.6 is 0 Å². The second-order valence-electron chi connectivity index (χ2n) is 5.78. The number of esters is 2. The maximum atomic E-state index is 11.8. The lowest BCUT2D eigenvalue weighted by Gasteiger charge is -2.35. The Labute approximate surface area is 142 Å². The summed E-state index contributed by atoms with van der Waals surface area (Å²) in [5.74, 6) is -1.25. The molecule has 1 N–H and O–H groups in total. The van der Waals surface area contributed by atoms with E-state index < -0.39 is 11.9 Å². The molecule has 2 rings (SSSR count). The number of carbonyl (C=O) groups is 2. The average molecular weight is 332 g/mol. The number of piperidine rings is 1. The third-order valence-corrected chi connectivity index (χ3v) is 4.15. The van der Waals surface area contributed by atoms with Gasteiger partial charge in [-0.05, 0) is 50.5 Å². The molecule has 0 aliphatic carbocycles. The maximum Gasteiger partial charge on any atom is 0.354 e. The Morgan fingerprint density at radius 3 is 2.46 bits per heavy atom. The molecular formula is C18H24N2O4. The molecule has 130 valence electrons. The Morgan fingerprint density at radius 2 is 1.88 bits per heavy atom. The van der Waals surface area contributed by atoms with Crippen LogP contribution in [0, 0.1) is 0 Å². The minimum Gasteiger partial charge on any atom is -0.466 e. The molecule has 0 aromatic heterocycles. The van der Waals surface area contributed by atoms with Gasteiger partial charge in [-0.25, -0.2) is 9.59 Å². The lowest BCUT2D eigenvalue weighted by Crippen LogP contribution is -2.37. The second-order valence-corrected chi connectivity index (χ2v) is 5.78. The maximum absolute atomic E-state index is 11.8. The number of rotatable bonds is 5. The SMILES string of the molecule is COC(=O)/C=C(/Nc1ccc(N2CCCCC2C)cc1)C(=O)OC. The number of benzene rings is 1. The highest BCUT2D eigenvalue weighted by Crippen LogP contribution is 2.26. The summed E-state index contributed by atoms with van der Waals surface area (Å²) in [5, 5.41) is 2.90. The predicted molar refractivity (Wildman–Crippen MR) is 92.8 cm³/mol. The molecule has 1 heterocycles. The first-order chi connectivity index (χ1) is 11.5. The van der Waals surface area contributed by atoms with Crippen molar-refractivity contribution in [2.45, 2.75) is 32.2 Å². The summed E-state index contributed by atoms with van der Waals surface area (Å²) in [7, 11) is 2.51. The van der Waals surface area contributed by atoms with Crippen LogP contribution in [0.25, 0.3) is 0 Å². The molecule has 1 atom stereocenters. The zero-order valence-electron chi connectivity index (χ0n) is 14.4. The van der Waals surface area contributed by atoms with E-state index in [4.69, 9.17) is 0 Å². The molecule has 1 aliphatic rings. The van der Waals surface area contributed by atoms with Crippen LogP contribution in [0.4, 0.5) is 11.4 Å². The molecule has 0 amide bonds. The van der Waals surface area contributed by atoms with Gasteiger partial charge in [0.1, 0.15) is 5.70 Å². The highest BCUT2D eigenvalue weighted by atomic mass is 16.5. The van der Waals surface area contributed by atoms with E-state index in [2.05, 4.69) is 26.6 Å². The number of anilines is 2. The van der Waals surface area contributed by atoms with Gasteiger partial charge in [-0.1, -0.05) is 0 Å². The molecular weight excluding hydrogens is 308 g/mol. The van der Waals surface area contributed by atoms with Gasteiger partial charge < -0.3 is 19.7 Å². The lowest BCUT2D eigenvalue weighted by atomic mass is 10.0. The fourth-order valence-electron chi connectivity index (χ4n) is 2.81. The molecule has 1 aliphatic heterocycles. The minimum atomic E-state index is -0.630. The summed E-state index contributed by atoms with van der Waals surface area (Å²) in [4.78, 5) is 25.5. The molecule has 0 spiro atoms. The summed E-state index contributed by atoms with van der Waals surface area (Å²) in [6, 6.07) is 8.31. The summed E-state index contributed by atoms with van der Waals surface area (Å²) in [6.07, 6.45) is 4.76. The van der Waals surface area contributed by atoms with Gasteiger partial charge in [0.25, 0.3) is 0 Å². The largest absolute Gasteiger partial charge is 0.466 e. The number of methoxy groups -OCH3 is 2. The van der Waals surface area contributed by atoms with Gasteiger partial charge in [0, 0.05) is 24.0 Å². The van der Waals surface area contributed by atoms with Gasteiger partial charge >= 0.3 is 11.9 Å². The average Bonchev–Trinajstić information content (AvgIpc) is 2.61. The van der Waals surface area contributed by atoms with Gasteiger partial charge in [0.2, 0.25) is 0 Å². The highest BCUT2D eigenvalue weighted by Gasteiger charge is 2.18. The fourth-order valence-corrected chi connectivity index (χ4v) is 2.81. The van der Waals surface area contributed by atoms with Crippen molar-refractivity contribution in [2.24, 2.45) is 0 Å². The molecule has 24 heavy (non-hydrogen) atoms. The van der Waals surface area contributed by atoms with Gasteiger partial charge in [0.05, 0.1) is 20.3 Å². The van der Waals surface area contributed by atoms with E-state index in [0.29, 0.717) is 11.7 Å². The van der Waals surface area contributed by atoms with Crippen LogP contribution < -0.4 is 10.2 Å². The first kappa shape index (κ1) is 17.8. The van der Waals surface area contributed by atoms with Crippen molar-refractivity contribution in [3.63, 3.8) is 0 Å². The smallest absolute Gasteiger partial charge is 0.354 e. The first-order valence-corrected chi connectivity index (χ1v) is 8.07. The second kappa shape index (κ2) is 8.38. The van der Waals surface area contributed by atoms with Crippen molar-refractivity contribution in [3.05, 3.63) is 36.0 Å². The van der Waals surface area contributed by atoms with Crippen molar-refractivity contribution in [2.75, 3.05) is 31.0 Å². The Bertz CT molecular complexity index is 610. The number of hydrogen-bond donors (Lipinski definition) is 1. The van der Waals surface area contributed by atoms with Crippen molar-refractivity contribution in [3.8, 4) is 0 Å². The quantitative estimate of drug-likeness (QED) is 0.660. The topological polar surface area (TPSA) is 67.9 Å². The van der Waals surface area contributed by atoms with E-state index in [9.17, 15) is 9.59 Å². The molecule has 0 saturated carbocycles. The van der Waals surface area contributed by atoms with Crippen LogP contribution in [0.1, 0.15) is 26.2 Å². The summed E-state index contributed by atoms with van der Waals surface area (Å²) < 4.78 is 9.23. The van der Waals surface area contributed by atoms with Crippen LogP contribution in [-0.2, 0) is 19.1 Å². The Morgan fingerprint density at radius 1 is 1.17 bits per heavy atom. The predicted octanol–water partition coefficient (Wildman–Crippen LogP) is 2.71. The van der Waals surface area contributed by atoms with Gasteiger partial charge in [-0.3, -0.25) is 0 Å². The third kappa shape index (κ3) is 4.50. The molecule has 6 nitrogen and oxygen atoms in total. The zero-order valence-corrected chi connectivity index (χ0v) is 14.4. The van der Waals surface area contributed by atoms with Gasteiger partial charge in [-0.2, -0.15) is 0 Å². The molecule has 1 aromatic rings. The van der Waals surface area contributed by atoms with Crippen LogP contribution in [0.2, 0.25) is 0 Å². The van der Waals surface area contributed by atoms with Crippen LogP contribution in [0.15, 0.2) is 36.0 Å². The Balaban J connectivity index is 2.12. The van der Waals surface area contributed by atoms with Gasteiger partial charge in [0.15, 0.2) is 0 Å². The molecule has 1 saturated heterocycles. The molecule has 0 radical (unpaired) electrons. The van der Waals surface area contributed by atoms with Crippen molar-refractivity contribution in [1.29, 1.82) is 0 Å². The third-order valence-electron chi connectivity index (χ3n) is 4.15. The van der Waals surface area contributed by atoms with Crippen LogP contribution in [-0.4, -0.2) is 38.7 Å². The van der Waals surface area contributed by atoms with Crippen LogP contribution in [0.5, 0.6) is 0 Å². The van der Waals surface area contributed by atoms with Crippen LogP contribution in [0.3, 0.4) is 0 Å². The molecule has 6 heteroatoms. The minimum absolute atomic E-state index is 0.0310. The zero-order chi connectivity index (χ0) is 17.5. The monoisotopic (exact) mass is 332 g/mol. The van der Waals surface area contributed by atoms with Crippen molar-refractivity contribution < 1.29 is 19.1 Å². The number of nitrogens with one attached hydrogen (secondary N) is 1. The van der Waals surface area contributed by atoms with E-state index in [-0.39, 0.29) is 5.70 Å². The summed E-state index contributed by atoms with van der Waals surface area (Å²) in [6.45, 7) is 3.30. The molecule has 0 bridgehead atoms. The van der Waals surface area contributed by atoms with Crippen molar-refractivity contribution >= 4 is 23.3 Å².